The fourth-order valence-electron chi connectivity index (χ4n) is 5.60. The second-order valence-corrected chi connectivity index (χ2v) is 9.36. The van der Waals surface area contributed by atoms with Crippen molar-refractivity contribution in [2.45, 2.75) is 50.2 Å². The molecule has 158 valence electrons. The number of fused-ring (bicyclic) bond motifs is 3. The number of hydrogen-bond donors (Lipinski definition) is 2. The first kappa shape index (κ1) is 18.8. The van der Waals surface area contributed by atoms with E-state index in [1.807, 2.05) is 31.3 Å². The van der Waals surface area contributed by atoms with Gasteiger partial charge in [0, 0.05) is 48.0 Å². The largest absolute Gasteiger partial charge is 0.363 e. The van der Waals surface area contributed by atoms with E-state index in [2.05, 4.69) is 50.8 Å². The van der Waals surface area contributed by atoms with Gasteiger partial charge in [0.05, 0.1) is 11.1 Å². The van der Waals surface area contributed by atoms with Crippen molar-refractivity contribution >= 4 is 22.5 Å². The number of benzene rings is 2. The Morgan fingerprint density at radius 1 is 1.10 bits per heavy atom. The second-order valence-electron chi connectivity index (χ2n) is 9.36. The van der Waals surface area contributed by atoms with E-state index in [1.165, 1.54) is 24.1 Å². The van der Waals surface area contributed by atoms with Crippen LogP contribution < -0.4 is 15.5 Å². The number of carbonyl (C=O) groups is 1. The molecular weight excluding hydrogens is 384 g/mol. The molecule has 2 aromatic carbocycles. The number of piperazine rings is 1. The highest BCUT2D eigenvalue weighted by atomic mass is 16.1. The van der Waals surface area contributed by atoms with Crippen molar-refractivity contribution in [3.05, 3.63) is 71.4 Å². The highest BCUT2D eigenvalue weighted by Crippen LogP contribution is 2.48. The van der Waals surface area contributed by atoms with Crippen molar-refractivity contribution in [2.75, 3.05) is 18.0 Å². The molecule has 1 amide bonds. The van der Waals surface area contributed by atoms with E-state index in [0.717, 1.165) is 48.0 Å². The van der Waals surface area contributed by atoms with Crippen LogP contribution in [-0.2, 0) is 5.54 Å². The van der Waals surface area contributed by atoms with Crippen LogP contribution in [0.3, 0.4) is 0 Å². The first-order valence-corrected chi connectivity index (χ1v) is 11.4. The highest BCUT2D eigenvalue weighted by molar-refractivity contribution is 5.98. The zero-order chi connectivity index (χ0) is 21.0. The molecule has 1 saturated carbocycles. The van der Waals surface area contributed by atoms with Crippen LogP contribution in [0, 0.1) is 6.92 Å². The van der Waals surface area contributed by atoms with Gasteiger partial charge in [-0.25, -0.2) is 0 Å². The minimum Gasteiger partial charge on any atom is -0.363 e. The molecule has 2 aliphatic heterocycles. The lowest BCUT2D eigenvalue weighted by Crippen LogP contribution is -2.52. The molecule has 5 heteroatoms. The molecule has 0 spiro atoms. The van der Waals surface area contributed by atoms with Crippen molar-refractivity contribution in [1.82, 2.24) is 15.6 Å². The topological polar surface area (TPSA) is 57.3 Å². The first-order valence-electron chi connectivity index (χ1n) is 11.4. The summed E-state index contributed by atoms with van der Waals surface area (Å²) >= 11 is 0. The van der Waals surface area contributed by atoms with E-state index in [4.69, 9.17) is 0 Å². The van der Waals surface area contributed by atoms with Crippen LogP contribution in [0.15, 0.2) is 54.7 Å². The number of aryl methyl sites for hydroxylation is 1. The number of carbonyl (C=O) groups excluding carboxylic acids is 1. The summed E-state index contributed by atoms with van der Waals surface area (Å²) in [5, 5.41) is 8.08. The van der Waals surface area contributed by atoms with Crippen LogP contribution in [0.2, 0.25) is 0 Å². The molecule has 3 fully saturated rings. The molecule has 2 N–H and O–H groups in total. The molecule has 2 atom stereocenters. The van der Waals surface area contributed by atoms with Crippen molar-refractivity contribution in [2.24, 2.45) is 0 Å². The van der Waals surface area contributed by atoms with Crippen LogP contribution in [0.5, 0.6) is 0 Å². The molecule has 3 aliphatic rings. The summed E-state index contributed by atoms with van der Waals surface area (Å²) in [7, 11) is 0. The van der Waals surface area contributed by atoms with Gasteiger partial charge in [0.25, 0.3) is 5.91 Å². The number of nitrogens with one attached hydrogen (secondary N) is 2. The maximum atomic E-state index is 13.5. The van der Waals surface area contributed by atoms with Crippen molar-refractivity contribution < 1.29 is 4.79 Å². The Labute approximate surface area is 182 Å². The Morgan fingerprint density at radius 3 is 2.65 bits per heavy atom. The Hall–Kier alpha value is -2.92. The van der Waals surface area contributed by atoms with Crippen molar-refractivity contribution in [1.29, 1.82) is 0 Å². The van der Waals surface area contributed by atoms with Crippen LogP contribution in [0.4, 0.5) is 5.69 Å². The average molecular weight is 413 g/mol. The molecule has 3 aromatic rings. The highest BCUT2D eigenvalue weighted by Gasteiger charge is 2.47. The maximum Gasteiger partial charge on any atom is 0.252 e. The SMILES string of the molecule is Cc1ccc(N2C3CCC2CNC3)cc1C(=O)NC1(c2ccnc3ccccc23)CC1. The minimum atomic E-state index is -0.282. The van der Waals surface area contributed by atoms with Gasteiger partial charge in [-0.05, 0) is 68.0 Å². The summed E-state index contributed by atoms with van der Waals surface area (Å²) in [5.74, 6) is 0.0280. The molecule has 1 aromatic heterocycles. The summed E-state index contributed by atoms with van der Waals surface area (Å²) in [5.41, 5.74) is 4.88. The van der Waals surface area contributed by atoms with Crippen LogP contribution >= 0.6 is 0 Å². The Kier molecular flexibility index (Phi) is 4.29. The third-order valence-corrected chi connectivity index (χ3v) is 7.41. The van der Waals surface area contributed by atoms with Gasteiger partial charge in [0.1, 0.15) is 0 Å². The minimum absolute atomic E-state index is 0.0280. The smallest absolute Gasteiger partial charge is 0.252 e. The predicted octanol–water partition coefficient (Wildman–Crippen LogP) is 3.90. The van der Waals surface area contributed by atoms with Gasteiger partial charge in [-0.2, -0.15) is 0 Å². The lowest BCUT2D eigenvalue weighted by molar-refractivity contribution is 0.0930. The molecular formula is C26H28N4O. The number of pyridine rings is 1. The van der Waals surface area contributed by atoms with E-state index < -0.39 is 0 Å². The zero-order valence-electron chi connectivity index (χ0n) is 17.9. The Balaban J connectivity index is 1.31. The van der Waals surface area contributed by atoms with Crippen molar-refractivity contribution in [3.8, 4) is 0 Å². The molecule has 31 heavy (non-hydrogen) atoms. The van der Waals surface area contributed by atoms with Gasteiger partial charge >= 0.3 is 0 Å². The fourth-order valence-corrected chi connectivity index (χ4v) is 5.60. The normalized spacial score (nSPS) is 23.7. The van der Waals surface area contributed by atoms with E-state index in [1.54, 1.807) is 0 Å². The van der Waals surface area contributed by atoms with Gasteiger partial charge < -0.3 is 15.5 Å². The van der Waals surface area contributed by atoms with Gasteiger partial charge in [-0.15, -0.1) is 0 Å². The average Bonchev–Trinajstić information content (AvgIpc) is 3.53. The van der Waals surface area contributed by atoms with Gasteiger partial charge in [-0.1, -0.05) is 24.3 Å². The van der Waals surface area contributed by atoms with Gasteiger partial charge in [0.15, 0.2) is 0 Å². The predicted molar refractivity (Wildman–Crippen MR) is 123 cm³/mol. The summed E-state index contributed by atoms with van der Waals surface area (Å²) in [6.45, 7) is 4.10. The molecule has 3 heterocycles. The first-order chi connectivity index (χ1) is 15.1. The standard InChI is InChI=1S/C26H28N4O/c1-17-6-7-18(30-19-8-9-20(30)16-27-15-19)14-22(17)25(31)29-26(11-12-26)23-10-13-28-24-5-3-2-4-21(23)24/h2-7,10,13-14,19-20,27H,8-9,11-12,15-16H2,1H3,(H,29,31). The lowest BCUT2D eigenvalue weighted by Gasteiger charge is -2.37. The molecule has 2 saturated heterocycles. The number of amides is 1. The summed E-state index contributed by atoms with van der Waals surface area (Å²) in [4.78, 5) is 20.5. The summed E-state index contributed by atoms with van der Waals surface area (Å²) in [6.07, 6.45) is 6.24. The third-order valence-electron chi connectivity index (χ3n) is 7.41. The number of anilines is 1. The number of nitrogens with zero attached hydrogens (tertiary/aromatic N) is 2. The van der Waals surface area contributed by atoms with E-state index in [-0.39, 0.29) is 11.4 Å². The Morgan fingerprint density at radius 2 is 1.87 bits per heavy atom. The molecule has 0 radical (unpaired) electrons. The molecule has 1 aliphatic carbocycles. The number of aromatic nitrogens is 1. The third kappa shape index (κ3) is 3.10. The van der Waals surface area contributed by atoms with Gasteiger partial charge in [-0.3, -0.25) is 9.78 Å². The van der Waals surface area contributed by atoms with E-state index in [9.17, 15) is 4.79 Å². The van der Waals surface area contributed by atoms with Crippen LogP contribution in [0.1, 0.15) is 47.2 Å². The number of para-hydroxylation sites is 1. The maximum absolute atomic E-state index is 13.5. The molecule has 2 unspecified atom stereocenters. The molecule has 2 bridgehead atoms. The summed E-state index contributed by atoms with van der Waals surface area (Å²) < 4.78 is 0. The summed E-state index contributed by atoms with van der Waals surface area (Å²) in [6, 6.07) is 17.7. The van der Waals surface area contributed by atoms with Crippen molar-refractivity contribution in [3.63, 3.8) is 0 Å². The Bertz CT molecular complexity index is 1150. The number of hydrogen-bond acceptors (Lipinski definition) is 4. The quantitative estimate of drug-likeness (QED) is 0.682. The number of rotatable bonds is 4. The monoisotopic (exact) mass is 412 g/mol. The van der Waals surface area contributed by atoms with Gasteiger partial charge in [0.2, 0.25) is 0 Å². The molecule has 6 rings (SSSR count). The van der Waals surface area contributed by atoms with E-state index >= 15 is 0 Å². The van der Waals surface area contributed by atoms with Crippen LogP contribution in [-0.4, -0.2) is 36.1 Å². The van der Waals surface area contributed by atoms with Crippen LogP contribution in [0.25, 0.3) is 10.9 Å². The second kappa shape index (κ2) is 7.06. The fraction of sp³-hybridized carbons (Fsp3) is 0.385. The lowest BCUT2D eigenvalue weighted by atomic mass is 9.98. The van der Waals surface area contributed by atoms with E-state index in [0.29, 0.717) is 12.1 Å². The zero-order valence-corrected chi connectivity index (χ0v) is 17.9. The molecule has 5 nitrogen and oxygen atoms in total.